The van der Waals surface area contributed by atoms with E-state index in [0.29, 0.717) is 11.5 Å². The quantitative estimate of drug-likeness (QED) is 0.729. The summed E-state index contributed by atoms with van der Waals surface area (Å²) < 4.78 is 12.9. The van der Waals surface area contributed by atoms with Crippen LogP contribution in [0.5, 0.6) is 11.5 Å². The molecule has 1 aromatic carbocycles. The van der Waals surface area contributed by atoms with Gasteiger partial charge in [-0.25, -0.2) is 0 Å². The van der Waals surface area contributed by atoms with E-state index in [2.05, 4.69) is 31.6 Å². The van der Waals surface area contributed by atoms with Crippen molar-refractivity contribution in [2.24, 2.45) is 0 Å². The van der Waals surface area contributed by atoms with E-state index < -0.39 is 0 Å². The second-order valence-corrected chi connectivity index (χ2v) is 6.79. The summed E-state index contributed by atoms with van der Waals surface area (Å²) in [5.41, 5.74) is 1.63. The number of aromatic nitrogens is 4. The highest BCUT2D eigenvalue weighted by atomic mass is 16.5. The van der Waals surface area contributed by atoms with Crippen LogP contribution in [0.25, 0.3) is 11.5 Å². The Bertz CT molecular complexity index is 1040. The lowest BCUT2D eigenvalue weighted by atomic mass is 10.1. The van der Waals surface area contributed by atoms with Crippen LogP contribution in [0.2, 0.25) is 0 Å². The van der Waals surface area contributed by atoms with Gasteiger partial charge in [0.1, 0.15) is 11.5 Å². The molecule has 0 unspecified atom stereocenters. The number of pyridine rings is 1. The van der Waals surface area contributed by atoms with E-state index in [1.165, 1.54) is 6.07 Å². The molecule has 1 aliphatic heterocycles. The molecule has 0 fully saturated rings. The highest BCUT2D eigenvalue weighted by Crippen LogP contribution is 2.31. The zero-order valence-electron chi connectivity index (χ0n) is 16.2. The number of H-pyrrole nitrogens is 1. The summed E-state index contributed by atoms with van der Waals surface area (Å²) in [4.78, 5) is 16.8. The SMILES string of the molecule is COc1ccc(CN2CCn3c(-c4cccc(=O)[nH]4)nnc3[C@@H]2C)c(OC)c1. The van der Waals surface area contributed by atoms with Gasteiger partial charge in [-0.2, -0.15) is 0 Å². The Hall–Kier alpha value is -3.13. The van der Waals surface area contributed by atoms with Crippen molar-refractivity contribution in [1.29, 1.82) is 0 Å². The Morgan fingerprint density at radius 3 is 2.75 bits per heavy atom. The van der Waals surface area contributed by atoms with Gasteiger partial charge in [0.25, 0.3) is 0 Å². The van der Waals surface area contributed by atoms with Crippen LogP contribution >= 0.6 is 0 Å². The first-order valence-corrected chi connectivity index (χ1v) is 9.18. The maximum atomic E-state index is 11.6. The molecular formula is C20H23N5O3. The first-order chi connectivity index (χ1) is 13.6. The van der Waals surface area contributed by atoms with Crippen molar-refractivity contribution in [3.63, 3.8) is 0 Å². The molecule has 1 N–H and O–H groups in total. The van der Waals surface area contributed by atoms with Crippen molar-refractivity contribution in [3.8, 4) is 23.0 Å². The summed E-state index contributed by atoms with van der Waals surface area (Å²) in [5, 5.41) is 8.74. The Balaban J connectivity index is 1.60. The van der Waals surface area contributed by atoms with Crippen LogP contribution in [0, 0.1) is 0 Å². The fourth-order valence-electron chi connectivity index (χ4n) is 3.62. The fourth-order valence-corrected chi connectivity index (χ4v) is 3.62. The number of benzene rings is 1. The van der Waals surface area contributed by atoms with Gasteiger partial charge in [0.15, 0.2) is 11.6 Å². The predicted molar refractivity (Wildman–Crippen MR) is 104 cm³/mol. The Labute approximate surface area is 162 Å². The van der Waals surface area contributed by atoms with Gasteiger partial charge in [0.05, 0.1) is 26.0 Å². The highest BCUT2D eigenvalue weighted by molar-refractivity contribution is 5.49. The molecular weight excluding hydrogens is 358 g/mol. The van der Waals surface area contributed by atoms with Crippen molar-refractivity contribution >= 4 is 0 Å². The normalized spacial score (nSPS) is 16.6. The lowest BCUT2D eigenvalue weighted by Crippen LogP contribution is -2.37. The number of ether oxygens (including phenoxy) is 2. The molecule has 0 saturated heterocycles. The molecule has 2 aromatic heterocycles. The number of fused-ring (bicyclic) bond motifs is 1. The van der Waals surface area contributed by atoms with E-state index in [4.69, 9.17) is 9.47 Å². The van der Waals surface area contributed by atoms with Crippen molar-refractivity contribution in [2.45, 2.75) is 26.1 Å². The summed E-state index contributed by atoms with van der Waals surface area (Å²) >= 11 is 0. The standard InChI is InChI=1S/C20H23N5O3/c1-13-19-22-23-20(16-5-4-6-18(26)21-16)25(19)10-9-24(13)12-14-7-8-15(27-2)11-17(14)28-3/h4-8,11,13H,9-10,12H2,1-3H3,(H,21,26)/t13-/m0/s1. The lowest BCUT2D eigenvalue weighted by Gasteiger charge is -2.34. The van der Waals surface area contributed by atoms with E-state index >= 15 is 0 Å². The molecule has 4 rings (SSSR count). The monoisotopic (exact) mass is 381 g/mol. The van der Waals surface area contributed by atoms with Gasteiger partial charge in [-0.3, -0.25) is 9.69 Å². The van der Waals surface area contributed by atoms with Gasteiger partial charge < -0.3 is 19.0 Å². The van der Waals surface area contributed by atoms with Gasteiger partial charge in [0, 0.05) is 37.3 Å². The van der Waals surface area contributed by atoms with Crippen LogP contribution < -0.4 is 15.0 Å². The topological polar surface area (TPSA) is 85.3 Å². The minimum absolute atomic E-state index is 0.0808. The molecule has 1 aliphatic rings. The second-order valence-electron chi connectivity index (χ2n) is 6.79. The summed E-state index contributed by atoms with van der Waals surface area (Å²) in [6.45, 7) is 4.44. The Morgan fingerprint density at radius 1 is 1.14 bits per heavy atom. The first-order valence-electron chi connectivity index (χ1n) is 9.18. The third kappa shape index (κ3) is 3.27. The predicted octanol–water partition coefficient (Wildman–Crippen LogP) is 2.23. The minimum Gasteiger partial charge on any atom is -0.497 e. The average Bonchev–Trinajstić information content (AvgIpc) is 3.15. The number of hydrogen-bond donors (Lipinski definition) is 1. The smallest absolute Gasteiger partial charge is 0.248 e. The van der Waals surface area contributed by atoms with E-state index in [9.17, 15) is 4.79 Å². The number of rotatable bonds is 5. The van der Waals surface area contributed by atoms with E-state index in [0.717, 1.165) is 42.5 Å². The van der Waals surface area contributed by atoms with E-state index in [1.807, 2.05) is 24.3 Å². The van der Waals surface area contributed by atoms with Crippen molar-refractivity contribution in [1.82, 2.24) is 24.6 Å². The van der Waals surface area contributed by atoms with Gasteiger partial charge in [0.2, 0.25) is 5.56 Å². The first kappa shape index (κ1) is 18.2. The van der Waals surface area contributed by atoms with Crippen molar-refractivity contribution in [3.05, 3.63) is 58.1 Å². The third-order valence-corrected chi connectivity index (χ3v) is 5.19. The molecule has 3 aromatic rings. The molecule has 1 atom stereocenters. The van der Waals surface area contributed by atoms with Gasteiger partial charge >= 0.3 is 0 Å². The van der Waals surface area contributed by atoms with Gasteiger partial charge in [-0.05, 0) is 19.1 Å². The van der Waals surface area contributed by atoms with Crippen LogP contribution in [0.3, 0.4) is 0 Å². The van der Waals surface area contributed by atoms with Gasteiger partial charge in [-0.15, -0.1) is 10.2 Å². The molecule has 0 amide bonds. The lowest BCUT2D eigenvalue weighted by molar-refractivity contribution is 0.155. The zero-order chi connectivity index (χ0) is 19.7. The molecule has 0 saturated carbocycles. The van der Waals surface area contributed by atoms with Crippen molar-refractivity contribution < 1.29 is 9.47 Å². The zero-order valence-corrected chi connectivity index (χ0v) is 16.2. The molecule has 0 spiro atoms. The number of nitrogens with one attached hydrogen (secondary N) is 1. The number of aromatic amines is 1. The molecule has 0 radical (unpaired) electrons. The minimum atomic E-state index is -0.146. The van der Waals surface area contributed by atoms with E-state index in [-0.39, 0.29) is 11.6 Å². The van der Waals surface area contributed by atoms with Crippen LogP contribution in [0.4, 0.5) is 0 Å². The molecule has 8 nitrogen and oxygen atoms in total. The Kier molecular flexibility index (Phi) is 4.87. The van der Waals surface area contributed by atoms with Crippen LogP contribution in [-0.2, 0) is 13.1 Å². The largest absolute Gasteiger partial charge is 0.497 e. The maximum absolute atomic E-state index is 11.6. The number of hydrogen-bond acceptors (Lipinski definition) is 6. The summed E-state index contributed by atoms with van der Waals surface area (Å²) in [6.07, 6.45) is 0. The van der Waals surface area contributed by atoms with Crippen LogP contribution in [0.15, 0.2) is 41.2 Å². The number of methoxy groups -OCH3 is 2. The summed E-state index contributed by atoms with van der Waals surface area (Å²) in [7, 11) is 3.31. The molecule has 146 valence electrons. The van der Waals surface area contributed by atoms with Crippen molar-refractivity contribution in [2.75, 3.05) is 20.8 Å². The van der Waals surface area contributed by atoms with Gasteiger partial charge in [-0.1, -0.05) is 12.1 Å². The highest BCUT2D eigenvalue weighted by Gasteiger charge is 2.29. The summed E-state index contributed by atoms with van der Waals surface area (Å²) in [6, 6.07) is 11.0. The third-order valence-electron chi connectivity index (χ3n) is 5.19. The number of nitrogens with zero attached hydrogens (tertiary/aromatic N) is 4. The van der Waals surface area contributed by atoms with Crippen LogP contribution in [0.1, 0.15) is 24.4 Å². The molecule has 0 bridgehead atoms. The van der Waals surface area contributed by atoms with Crippen LogP contribution in [-0.4, -0.2) is 45.4 Å². The molecule has 28 heavy (non-hydrogen) atoms. The summed E-state index contributed by atoms with van der Waals surface area (Å²) in [5.74, 6) is 3.16. The average molecular weight is 381 g/mol. The van der Waals surface area contributed by atoms with E-state index in [1.54, 1.807) is 20.3 Å². The molecule has 0 aliphatic carbocycles. The molecule has 3 heterocycles. The second kappa shape index (κ2) is 7.47. The fraction of sp³-hybridized carbons (Fsp3) is 0.350. The Morgan fingerprint density at radius 2 is 2.00 bits per heavy atom. The molecule has 8 heteroatoms. The maximum Gasteiger partial charge on any atom is 0.248 e.